The van der Waals surface area contributed by atoms with Gasteiger partial charge < -0.3 is 10.1 Å². The summed E-state index contributed by atoms with van der Waals surface area (Å²) in [6, 6.07) is 6.63. The summed E-state index contributed by atoms with van der Waals surface area (Å²) in [4.78, 5) is 4.56. The van der Waals surface area contributed by atoms with E-state index in [-0.39, 0.29) is 11.9 Å². The van der Waals surface area contributed by atoms with Crippen molar-refractivity contribution in [3.63, 3.8) is 0 Å². The predicted molar refractivity (Wildman–Crippen MR) is 68.1 cm³/mol. The molecule has 1 aromatic carbocycles. The summed E-state index contributed by atoms with van der Waals surface area (Å²) < 4.78 is 19.3. The number of piperidine rings is 1. The highest BCUT2D eigenvalue weighted by Gasteiger charge is 2.28. The molecule has 4 heteroatoms. The minimum Gasteiger partial charge on any atom is -0.478 e. The summed E-state index contributed by atoms with van der Waals surface area (Å²) in [6.07, 6.45) is 2.26. The zero-order chi connectivity index (χ0) is 12.4. The molecule has 0 saturated carbocycles. The maximum absolute atomic E-state index is 13.7. The largest absolute Gasteiger partial charge is 0.478 e. The second-order valence-corrected chi connectivity index (χ2v) is 4.86. The summed E-state index contributed by atoms with van der Waals surface area (Å²) >= 11 is 0. The first-order chi connectivity index (χ1) is 8.84. The van der Waals surface area contributed by atoms with E-state index in [1.165, 1.54) is 6.07 Å². The molecule has 0 bridgehead atoms. The maximum Gasteiger partial charge on any atom is 0.188 e. The lowest BCUT2D eigenvalue weighted by atomic mass is 9.99. The van der Waals surface area contributed by atoms with Crippen LogP contribution in [0.1, 0.15) is 24.4 Å². The van der Waals surface area contributed by atoms with E-state index >= 15 is 0 Å². The van der Waals surface area contributed by atoms with Crippen molar-refractivity contribution in [1.82, 2.24) is 5.32 Å². The maximum atomic E-state index is 13.7. The third kappa shape index (κ3) is 2.25. The molecule has 2 atom stereocenters. The molecule has 3 nitrogen and oxygen atoms in total. The van der Waals surface area contributed by atoms with Crippen LogP contribution in [0.4, 0.5) is 4.39 Å². The first-order valence-corrected chi connectivity index (χ1v) is 6.50. The number of ether oxygens (including phenoxy) is 1. The van der Waals surface area contributed by atoms with Crippen LogP contribution in [-0.2, 0) is 4.74 Å². The summed E-state index contributed by atoms with van der Waals surface area (Å²) in [6.45, 7) is 2.45. The normalized spacial score (nSPS) is 27.7. The van der Waals surface area contributed by atoms with Gasteiger partial charge in [-0.1, -0.05) is 18.2 Å². The Bertz CT molecular complexity index is 455. The van der Waals surface area contributed by atoms with E-state index in [9.17, 15) is 4.39 Å². The van der Waals surface area contributed by atoms with Crippen LogP contribution < -0.4 is 5.32 Å². The van der Waals surface area contributed by atoms with Gasteiger partial charge in [-0.2, -0.15) is 0 Å². The second-order valence-electron chi connectivity index (χ2n) is 4.86. The van der Waals surface area contributed by atoms with Crippen LogP contribution in [-0.4, -0.2) is 25.6 Å². The molecule has 2 aliphatic rings. The summed E-state index contributed by atoms with van der Waals surface area (Å²) in [5, 5.41) is 3.34. The van der Waals surface area contributed by atoms with Crippen LogP contribution >= 0.6 is 0 Å². The van der Waals surface area contributed by atoms with Gasteiger partial charge >= 0.3 is 0 Å². The molecule has 3 rings (SSSR count). The zero-order valence-electron chi connectivity index (χ0n) is 10.2. The van der Waals surface area contributed by atoms with Gasteiger partial charge in [0.2, 0.25) is 0 Å². The molecule has 1 aromatic rings. The molecule has 18 heavy (non-hydrogen) atoms. The Balaban J connectivity index is 1.77. The van der Waals surface area contributed by atoms with Crippen molar-refractivity contribution in [2.45, 2.75) is 18.9 Å². The number of benzene rings is 1. The van der Waals surface area contributed by atoms with E-state index in [1.54, 1.807) is 12.1 Å². The van der Waals surface area contributed by atoms with Gasteiger partial charge in [0.15, 0.2) is 5.90 Å². The standard InChI is InChI=1S/C14H17FN2O/c15-12-6-2-1-5-11(12)13-9-18-14(17-13)10-4-3-7-16-8-10/h1-2,5-6,10,13,16H,3-4,7-9H2. The Morgan fingerprint density at radius 3 is 3.00 bits per heavy atom. The van der Waals surface area contributed by atoms with Crippen molar-refractivity contribution in [2.75, 3.05) is 19.7 Å². The molecule has 0 aliphatic carbocycles. The molecule has 2 heterocycles. The highest BCUT2D eigenvalue weighted by Crippen LogP contribution is 2.28. The van der Waals surface area contributed by atoms with Crippen LogP contribution in [0, 0.1) is 11.7 Å². The van der Waals surface area contributed by atoms with E-state index in [0.717, 1.165) is 31.8 Å². The van der Waals surface area contributed by atoms with E-state index in [4.69, 9.17) is 4.74 Å². The van der Waals surface area contributed by atoms with Crippen molar-refractivity contribution in [3.8, 4) is 0 Å². The molecule has 2 unspecified atom stereocenters. The average Bonchev–Trinajstić information content (AvgIpc) is 2.90. The molecule has 0 amide bonds. The lowest BCUT2D eigenvalue weighted by Crippen LogP contribution is -2.34. The Labute approximate surface area is 106 Å². The highest BCUT2D eigenvalue weighted by molar-refractivity contribution is 5.80. The average molecular weight is 248 g/mol. The second kappa shape index (κ2) is 5.06. The number of hydrogen-bond acceptors (Lipinski definition) is 3. The fourth-order valence-electron chi connectivity index (χ4n) is 2.58. The Morgan fingerprint density at radius 2 is 2.22 bits per heavy atom. The number of aliphatic imine (C=N–C) groups is 1. The first kappa shape index (κ1) is 11.7. The van der Waals surface area contributed by atoms with Crippen LogP contribution in [0.2, 0.25) is 0 Å². The Morgan fingerprint density at radius 1 is 1.33 bits per heavy atom. The van der Waals surface area contributed by atoms with Gasteiger partial charge in [-0.25, -0.2) is 9.38 Å². The van der Waals surface area contributed by atoms with Gasteiger partial charge in [0.05, 0.1) is 0 Å². The Kier molecular flexibility index (Phi) is 3.28. The summed E-state index contributed by atoms with van der Waals surface area (Å²) in [7, 11) is 0. The number of hydrogen-bond donors (Lipinski definition) is 1. The van der Waals surface area contributed by atoms with Gasteiger partial charge in [-0.3, -0.25) is 0 Å². The van der Waals surface area contributed by atoms with Crippen LogP contribution in [0.15, 0.2) is 29.3 Å². The molecule has 1 saturated heterocycles. The van der Waals surface area contributed by atoms with Crippen molar-refractivity contribution in [1.29, 1.82) is 0 Å². The van der Waals surface area contributed by atoms with E-state index in [1.807, 2.05) is 6.07 Å². The van der Waals surface area contributed by atoms with E-state index in [0.29, 0.717) is 18.1 Å². The number of nitrogens with one attached hydrogen (secondary N) is 1. The third-order valence-corrected chi connectivity index (χ3v) is 3.58. The van der Waals surface area contributed by atoms with Gasteiger partial charge in [0.25, 0.3) is 0 Å². The quantitative estimate of drug-likeness (QED) is 0.871. The molecule has 0 aromatic heterocycles. The molecule has 0 spiro atoms. The molecule has 0 radical (unpaired) electrons. The third-order valence-electron chi connectivity index (χ3n) is 3.58. The summed E-state index contributed by atoms with van der Waals surface area (Å²) in [5.41, 5.74) is 0.635. The van der Waals surface area contributed by atoms with Crippen molar-refractivity contribution >= 4 is 5.90 Å². The first-order valence-electron chi connectivity index (χ1n) is 6.50. The smallest absolute Gasteiger partial charge is 0.188 e. The molecule has 96 valence electrons. The molecule has 1 fully saturated rings. The molecular formula is C14H17FN2O. The van der Waals surface area contributed by atoms with Gasteiger partial charge in [0, 0.05) is 18.0 Å². The van der Waals surface area contributed by atoms with Crippen molar-refractivity contribution < 1.29 is 9.13 Å². The van der Waals surface area contributed by atoms with Crippen LogP contribution in [0.3, 0.4) is 0 Å². The van der Waals surface area contributed by atoms with Crippen LogP contribution in [0.5, 0.6) is 0 Å². The highest BCUT2D eigenvalue weighted by atomic mass is 19.1. The SMILES string of the molecule is Fc1ccccc1C1COC(C2CCCNC2)=N1. The van der Waals surface area contributed by atoms with Crippen LogP contribution in [0.25, 0.3) is 0 Å². The van der Waals surface area contributed by atoms with E-state index in [2.05, 4.69) is 10.3 Å². The van der Waals surface area contributed by atoms with E-state index < -0.39 is 0 Å². The molecule has 2 aliphatic heterocycles. The predicted octanol–water partition coefficient (Wildman–Crippen LogP) is 2.30. The van der Waals surface area contributed by atoms with Gasteiger partial charge in [-0.15, -0.1) is 0 Å². The number of rotatable bonds is 2. The van der Waals surface area contributed by atoms with Crippen molar-refractivity contribution in [2.24, 2.45) is 10.9 Å². The minimum absolute atomic E-state index is 0.178. The zero-order valence-corrected chi connectivity index (χ0v) is 10.2. The fourth-order valence-corrected chi connectivity index (χ4v) is 2.58. The minimum atomic E-state index is -0.196. The van der Waals surface area contributed by atoms with Gasteiger partial charge in [0.1, 0.15) is 18.5 Å². The summed E-state index contributed by atoms with van der Waals surface area (Å²) in [5.74, 6) is 0.962. The lowest BCUT2D eigenvalue weighted by Gasteiger charge is -2.21. The van der Waals surface area contributed by atoms with Gasteiger partial charge in [-0.05, 0) is 25.5 Å². The number of halogens is 1. The van der Waals surface area contributed by atoms with Crippen molar-refractivity contribution in [3.05, 3.63) is 35.6 Å². The lowest BCUT2D eigenvalue weighted by molar-refractivity contribution is 0.285. The topological polar surface area (TPSA) is 33.6 Å². The molecular weight excluding hydrogens is 231 g/mol. The Hall–Kier alpha value is -1.42. The molecule has 1 N–H and O–H groups in total. The number of nitrogens with zero attached hydrogens (tertiary/aromatic N) is 1. The fraction of sp³-hybridized carbons (Fsp3) is 0.500. The monoisotopic (exact) mass is 248 g/mol.